The van der Waals surface area contributed by atoms with Gasteiger partial charge in [0.25, 0.3) is 0 Å². The molecule has 0 N–H and O–H groups in total. The van der Waals surface area contributed by atoms with Gasteiger partial charge in [-0.3, -0.25) is 0 Å². The van der Waals surface area contributed by atoms with E-state index in [4.69, 9.17) is 0 Å². The van der Waals surface area contributed by atoms with E-state index < -0.39 is 25.9 Å². The molecule has 1 aliphatic heterocycles. The van der Waals surface area contributed by atoms with Gasteiger partial charge in [0.2, 0.25) is 0 Å². The van der Waals surface area contributed by atoms with Crippen LogP contribution in [0.4, 0.5) is 0 Å². The van der Waals surface area contributed by atoms with Gasteiger partial charge in [-0.1, -0.05) is 0 Å². The number of allylic oxidation sites excluding steroid dienone is 2. The average molecular weight is 894 g/mol. The number of halogens is 2. The van der Waals surface area contributed by atoms with Crippen LogP contribution in [0.15, 0.2) is 126 Å². The minimum absolute atomic E-state index is 0.0650. The third kappa shape index (κ3) is 5.90. The first-order valence-corrected chi connectivity index (χ1v) is 32.8. The summed E-state index contributed by atoms with van der Waals surface area (Å²) >= 11 is -5.59. The van der Waals surface area contributed by atoms with E-state index in [1.165, 1.54) is 103 Å². The Morgan fingerprint density at radius 3 is 1.38 bits per heavy atom. The number of benzene rings is 6. The summed E-state index contributed by atoms with van der Waals surface area (Å²) in [6.07, 6.45) is 4.95. The van der Waals surface area contributed by atoms with Gasteiger partial charge in [-0.2, -0.15) is 0 Å². The predicted molar refractivity (Wildman–Crippen MR) is 254 cm³/mol. The normalized spacial score (nSPS) is 18.2. The first-order chi connectivity index (χ1) is 27.4. The molecule has 0 spiro atoms. The summed E-state index contributed by atoms with van der Waals surface area (Å²) in [5.41, 5.74) is 20.8. The van der Waals surface area contributed by atoms with Crippen LogP contribution in [0.5, 0.6) is 0 Å². The molecule has 3 aliphatic rings. The van der Waals surface area contributed by atoms with Crippen LogP contribution in [-0.2, 0) is 27.2 Å². The van der Waals surface area contributed by atoms with Crippen molar-refractivity contribution in [1.29, 1.82) is 0 Å². The molecule has 0 saturated carbocycles. The number of hydrogen-bond acceptors (Lipinski definition) is 0. The first-order valence-electron chi connectivity index (χ1n) is 21.0. The van der Waals surface area contributed by atoms with Crippen molar-refractivity contribution in [2.75, 3.05) is 0 Å². The van der Waals surface area contributed by atoms with Crippen molar-refractivity contribution in [3.63, 3.8) is 0 Å². The molecule has 0 fully saturated rings. The topological polar surface area (TPSA) is 0 Å². The fourth-order valence-corrected chi connectivity index (χ4v) is 40.0. The second kappa shape index (κ2) is 13.8. The Morgan fingerprint density at radius 2 is 0.914 bits per heavy atom. The van der Waals surface area contributed by atoms with Crippen molar-refractivity contribution < 1.29 is 16.4 Å². The van der Waals surface area contributed by atoms with Gasteiger partial charge >= 0.3 is 360 Å². The fraction of sp³-hybridized carbons (Fsp3) is 0.259. The third-order valence-corrected chi connectivity index (χ3v) is 36.9. The Balaban J connectivity index is 1.38. The van der Waals surface area contributed by atoms with E-state index in [2.05, 4.69) is 197 Å². The van der Waals surface area contributed by atoms with Crippen LogP contribution in [0.25, 0.3) is 45.5 Å². The maximum atomic E-state index is 9.24. The third-order valence-electron chi connectivity index (χ3n) is 13.7. The van der Waals surface area contributed by atoms with E-state index in [0.29, 0.717) is 0 Å². The molecule has 0 radical (unpaired) electrons. The van der Waals surface area contributed by atoms with Gasteiger partial charge in [0, 0.05) is 0 Å². The Bertz CT molecular complexity index is 2630. The summed E-state index contributed by atoms with van der Waals surface area (Å²) in [4.78, 5) is 0. The molecule has 2 aliphatic carbocycles. The Hall–Kier alpha value is -3.52. The van der Waals surface area contributed by atoms with E-state index in [1.807, 2.05) is 0 Å². The standard InChI is InChI=1S/2C21H23.C12H9Si.2ClH.Zr/c2*1-14-12-16-10-11-19(21(3,4)5)20(18(16)13-14)17-9-7-6-8-15(17)2;1-3-7-11-9(5-1)10-6-2-4-8-12(10)13-11;;;/h2*6-13H,1-5H3;1-7H,13H2;2*1H;/q;;;;;+2/p-2. The van der Waals surface area contributed by atoms with Crippen LogP contribution < -0.4 is 13.6 Å². The zero-order chi connectivity index (χ0) is 41.1. The number of rotatable bonds is 5. The molecule has 0 saturated heterocycles. The van der Waals surface area contributed by atoms with Gasteiger partial charge < -0.3 is 0 Å². The van der Waals surface area contributed by atoms with Crippen molar-refractivity contribution in [3.8, 4) is 33.4 Å². The number of fused-ring (bicyclic) bond motifs is 5. The Labute approximate surface area is 357 Å². The van der Waals surface area contributed by atoms with Crippen LogP contribution >= 0.6 is 17.0 Å². The summed E-state index contributed by atoms with van der Waals surface area (Å²) in [6, 6.07) is 43.4. The molecule has 0 nitrogen and oxygen atoms in total. The molecule has 293 valence electrons. The molecule has 6 aromatic carbocycles. The van der Waals surface area contributed by atoms with Crippen molar-refractivity contribution in [2.45, 2.75) is 87.3 Å². The summed E-state index contributed by atoms with van der Waals surface area (Å²) < 4.78 is 1.03. The van der Waals surface area contributed by atoms with Crippen LogP contribution in [0, 0.1) is 13.8 Å². The SMILES string of the molecule is CC1=Cc2c(ccc(C(C)(C)C)c2-c2ccccc2C)[CH]1[Zr]([Cl])([Cl])([c]1cccc2c1[SiH2]c1ccccc1-2)[CH]1C(C)=Cc2c1ccc(C(C)(C)C)c2-c1ccccc1C. The second-order valence-electron chi connectivity index (χ2n) is 19.6. The molecule has 6 aromatic rings. The van der Waals surface area contributed by atoms with Crippen LogP contribution in [0.1, 0.15) is 107 Å². The zero-order valence-electron chi connectivity index (χ0n) is 35.7. The van der Waals surface area contributed by atoms with Crippen molar-refractivity contribution in [1.82, 2.24) is 0 Å². The van der Waals surface area contributed by atoms with Crippen molar-refractivity contribution in [3.05, 3.63) is 171 Å². The van der Waals surface area contributed by atoms with Crippen molar-refractivity contribution >= 4 is 52.3 Å². The van der Waals surface area contributed by atoms with Gasteiger partial charge in [-0.15, -0.1) is 0 Å². The quantitative estimate of drug-likeness (QED) is 0.151. The molecule has 1 heterocycles. The molecular weight excluding hydrogens is 839 g/mol. The molecule has 58 heavy (non-hydrogen) atoms. The molecule has 2 unspecified atom stereocenters. The van der Waals surface area contributed by atoms with Gasteiger partial charge in [-0.05, 0) is 0 Å². The maximum absolute atomic E-state index is 9.24. The summed E-state index contributed by atoms with van der Waals surface area (Å²) in [5, 5.41) is 2.94. The molecule has 9 rings (SSSR count). The van der Waals surface area contributed by atoms with Gasteiger partial charge in [0.05, 0.1) is 0 Å². The number of aryl methyl sites for hydroxylation is 2. The number of hydrogen-bond donors (Lipinski definition) is 0. The Kier molecular flexibility index (Phi) is 9.47. The van der Waals surface area contributed by atoms with E-state index in [0.717, 1.165) is 0 Å². The van der Waals surface area contributed by atoms with Gasteiger partial charge in [0.15, 0.2) is 0 Å². The van der Waals surface area contributed by atoms with E-state index in [-0.39, 0.29) is 18.1 Å². The predicted octanol–water partition coefficient (Wildman–Crippen LogP) is 13.3. The minimum atomic E-state index is -5.59. The average Bonchev–Trinajstić information content (AvgIpc) is 3.84. The molecule has 2 atom stereocenters. The molecule has 0 amide bonds. The Morgan fingerprint density at radius 1 is 0.483 bits per heavy atom. The van der Waals surface area contributed by atoms with E-state index >= 15 is 0 Å². The van der Waals surface area contributed by atoms with Crippen LogP contribution in [0.2, 0.25) is 0 Å². The van der Waals surface area contributed by atoms with E-state index in [1.54, 1.807) is 0 Å². The monoisotopic (exact) mass is 891 g/mol. The van der Waals surface area contributed by atoms with E-state index in [9.17, 15) is 17.0 Å². The first kappa shape index (κ1) is 39.9. The zero-order valence-corrected chi connectivity index (χ0v) is 41.1. The molecule has 0 bridgehead atoms. The van der Waals surface area contributed by atoms with Gasteiger partial charge in [-0.25, -0.2) is 0 Å². The van der Waals surface area contributed by atoms with Crippen molar-refractivity contribution in [2.24, 2.45) is 0 Å². The summed E-state index contributed by atoms with van der Waals surface area (Å²) in [5.74, 6) is 0. The summed E-state index contributed by atoms with van der Waals surface area (Å²) in [6.45, 7) is 23.2. The molecular formula is C54H55Cl2SiZr. The van der Waals surface area contributed by atoms with Crippen LogP contribution in [0.3, 0.4) is 0 Å². The van der Waals surface area contributed by atoms with Gasteiger partial charge in [0.1, 0.15) is 0 Å². The second-order valence-corrected chi connectivity index (χ2v) is 42.0. The summed E-state index contributed by atoms with van der Waals surface area (Å²) in [7, 11) is 17.6. The fourth-order valence-electron chi connectivity index (χ4n) is 11.2. The molecule has 0 aromatic heterocycles. The van der Waals surface area contributed by atoms with Crippen LogP contribution in [-0.4, -0.2) is 9.52 Å². The molecule has 4 heteroatoms.